The summed E-state index contributed by atoms with van der Waals surface area (Å²) in [7, 11) is -3.71. The van der Waals surface area contributed by atoms with Crippen LogP contribution in [0.25, 0.3) is 0 Å². The van der Waals surface area contributed by atoms with Crippen LogP contribution in [0, 0.1) is 5.41 Å². The van der Waals surface area contributed by atoms with Gasteiger partial charge in [-0.15, -0.1) is 0 Å². The molecule has 0 saturated heterocycles. The maximum Gasteiger partial charge on any atom is 0.261 e. The fourth-order valence-electron chi connectivity index (χ4n) is 3.14. The van der Waals surface area contributed by atoms with Gasteiger partial charge in [0.1, 0.15) is 0 Å². The van der Waals surface area contributed by atoms with E-state index in [-0.39, 0.29) is 10.8 Å². The molecule has 1 aliphatic heterocycles. The molecule has 1 aliphatic rings. The minimum atomic E-state index is -3.71. The molecule has 2 aromatic carbocycles. The van der Waals surface area contributed by atoms with E-state index in [9.17, 15) is 13.2 Å². The number of fused-ring (bicyclic) bond motifs is 1. The minimum Gasteiger partial charge on any atom is -0.371 e. The topological polar surface area (TPSA) is 78.5 Å². The molecule has 0 atom stereocenters. The number of nitrogens with zero attached hydrogens (tertiary/aromatic N) is 1. The van der Waals surface area contributed by atoms with Crippen molar-refractivity contribution in [2.75, 3.05) is 28.0 Å². The van der Waals surface area contributed by atoms with Crippen molar-refractivity contribution in [1.29, 1.82) is 0 Å². The Labute approximate surface area is 167 Å². The zero-order chi connectivity index (χ0) is 20.5. The highest BCUT2D eigenvalue weighted by Gasteiger charge is 2.23. The Kier molecular flexibility index (Phi) is 5.39. The van der Waals surface area contributed by atoms with E-state index in [4.69, 9.17) is 0 Å². The molecule has 28 heavy (non-hydrogen) atoms. The first kappa shape index (κ1) is 20.2. The predicted molar refractivity (Wildman–Crippen MR) is 113 cm³/mol. The number of amides is 1. The first-order valence-corrected chi connectivity index (χ1v) is 10.9. The molecule has 0 aromatic heterocycles. The van der Waals surface area contributed by atoms with Crippen LogP contribution < -0.4 is 14.9 Å². The Hall–Kier alpha value is -2.54. The number of benzene rings is 2. The van der Waals surface area contributed by atoms with Gasteiger partial charge < -0.3 is 10.2 Å². The summed E-state index contributed by atoms with van der Waals surface area (Å²) in [6.45, 7) is 9.38. The van der Waals surface area contributed by atoms with Gasteiger partial charge >= 0.3 is 0 Å². The molecular formula is C21H27N3O3S. The van der Waals surface area contributed by atoms with E-state index in [0.717, 1.165) is 30.8 Å². The number of carbonyl (C=O) groups excluding carboxylic acids is 1. The van der Waals surface area contributed by atoms with Crippen molar-refractivity contribution in [1.82, 2.24) is 0 Å². The summed E-state index contributed by atoms with van der Waals surface area (Å²) < 4.78 is 28.3. The van der Waals surface area contributed by atoms with Gasteiger partial charge in [0.2, 0.25) is 5.91 Å². The molecule has 7 heteroatoms. The van der Waals surface area contributed by atoms with Gasteiger partial charge in [0.25, 0.3) is 10.0 Å². The number of likely N-dealkylation sites (N-methyl/N-ethyl adjacent to an activating group) is 1. The first-order chi connectivity index (χ1) is 13.1. The van der Waals surface area contributed by atoms with Crippen molar-refractivity contribution < 1.29 is 13.2 Å². The number of rotatable bonds is 5. The molecule has 2 N–H and O–H groups in total. The van der Waals surface area contributed by atoms with Gasteiger partial charge in [-0.3, -0.25) is 9.52 Å². The Bertz CT molecular complexity index is 994. The van der Waals surface area contributed by atoms with Crippen LogP contribution in [0.2, 0.25) is 0 Å². The van der Waals surface area contributed by atoms with Crippen molar-refractivity contribution in [2.45, 2.75) is 39.0 Å². The summed E-state index contributed by atoms with van der Waals surface area (Å²) in [6, 6.07) is 12.0. The zero-order valence-corrected chi connectivity index (χ0v) is 17.6. The SMILES string of the molecule is CCN1CCc2cc(S(=O)(=O)Nc3cccc(NC(=O)C(C)(C)C)c3)ccc21. The van der Waals surface area contributed by atoms with Crippen LogP contribution >= 0.6 is 0 Å². The molecular weight excluding hydrogens is 374 g/mol. The van der Waals surface area contributed by atoms with Gasteiger partial charge in [0.15, 0.2) is 0 Å². The number of anilines is 3. The number of hydrogen-bond donors (Lipinski definition) is 2. The number of nitrogens with one attached hydrogen (secondary N) is 2. The molecule has 0 bridgehead atoms. The number of carbonyl (C=O) groups is 1. The van der Waals surface area contributed by atoms with E-state index in [1.807, 2.05) is 26.8 Å². The summed E-state index contributed by atoms with van der Waals surface area (Å²) in [5, 5.41) is 2.81. The normalized spacial score (nSPS) is 13.9. The average molecular weight is 402 g/mol. The van der Waals surface area contributed by atoms with Crippen LogP contribution in [0.4, 0.5) is 17.1 Å². The molecule has 3 rings (SSSR count). The fourth-order valence-corrected chi connectivity index (χ4v) is 4.23. The second-order valence-corrected chi connectivity index (χ2v) is 9.69. The summed E-state index contributed by atoms with van der Waals surface area (Å²) >= 11 is 0. The Morgan fingerprint density at radius 2 is 1.82 bits per heavy atom. The largest absolute Gasteiger partial charge is 0.371 e. The minimum absolute atomic E-state index is 0.133. The molecule has 0 spiro atoms. The number of hydrogen-bond acceptors (Lipinski definition) is 4. The van der Waals surface area contributed by atoms with Crippen molar-refractivity contribution in [3.05, 3.63) is 48.0 Å². The van der Waals surface area contributed by atoms with Crippen LogP contribution in [-0.4, -0.2) is 27.4 Å². The predicted octanol–water partition coefficient (Wildman–Crippen LogP) is 3.85. The molecule has 0 fully saturated rings. The van der Waals surface area contributed by atoms with E-state index < -0.39 is 15.4 Å². The smallest absolute Gasteiger partial charge is 0.261 e. The third-order valence-electron chi connectivity index (χ3n) is 4.79. The Balaban J connectivity index is 1.80. The molecule has 0 aliphatic carbocycles. The van der Waals surface area contributed by atoms with Gasteiger partial charge in [-0.25, -0.2) is 8.42 Å². The van der Waals surface area contributed by atoms with Crippen molar-refractivity contribution >= 4 is 33.0 Å². The molecule has 0 unspecified atom stereocenters. The standard InChI is InChI=1S/C21H27N3O3S/c1-5-24-12-11-15-13-18(9-10-19(15)24)28(26,27)23-17-8-6-7-16(14-17)22-20(25)21(2,3)4/h6-10,13-14,23H,5,11-12H2,1-4H3,(H,22,25). The lowest BCUT2D eigenvalue weighted by Gasteiger charge is -2.18. The van der Waals surface area contributed by atoms with E-state index >= 15 is 0 Å². The zero-order valence-electron chi connectivity index (χ0n) is 16.7. The van der Waals surface area contributed by atoms with E-state index in [1.54, 1.807) is 36.4 Å². The van der Waals surface area contributed by atoms with E-state index in [0.29, 0.717) is 11.4 Å². The maximum atomic E-state index is 12.8. The Morgan fingerprint density at radius 3 is 2.50 bits per heavy atom. The monoisotopic (exact) mass is 401 g/mol. The van der Waals surface area contributed by atoms with Crippen LogP contribution in [0.15, 0.2) is 47.4 Å². The lowest BCUT2D eigenvalue weighted by atomic mass is 9.95. The highest BCUT2D eigenvalue weighted by atomic mass is 32.2. The molecule has 0 saturated carbocycles. The van der Waals surface area contributed by atoms with E-state index in [1.165, 1.54) is 0 Å². The lowest BCUT2D eigenvalue weighted by Crippen LogP contribution is -2.27. The summed E-state index contributed by atoms with van der Waals surface area (Å²) in [4.78, 5) is 14.6. The van der Waals surface area contributed by atoms with Crippen molar-refractivity contribution in [3.63, 3.8) is 0 Å². The molecule has 1 amide bonds. The summed E-state index contributed by atoms with van der Waals surface area (Å²) in [6.07, 6.45) is 0.848. The first-order valence-electron chi connectivity index (χ1n) is 9.42. The number of sulfonamides is 1. The van der Waals surface area contributed by atoms with Crippen LogP contribution in [-0.2, 0) is 21.2 Å². The average Bonchev–Trinajstić information content (AvgIpc) is 3.03. The van der Waals surface area contributed by atoms with Crippen molar-refractivity contribution in [2.24, 2.45) is 5.41 Å². The molecule has 2 aromatic rings. The van der Waals surface area contributed by atoms with Crippen LogP contribution in [0.1, 0.15) is 33.3 Å². The van der Waals surface area contributed by atoms with Crippen molar-refractivity contribution in [3.8, 4) is 0 Å². The summed E-state index contributed by atoms with van der Waals surface area (Å²) in [5.74, 6) is -0.133. The fraction of sp³-hybridized carbons (Fsp3) is 0.381. The second kappa shape index (κ2) is 7.47. The third-order valence-corrected chi connectivity index (χ3v) is 6.17. The molecule has 6 nitrogen and oxygen atoms in total. The Morgan fingerprint density at radius 1 is 1.11 bits per heavy atom. The molecule has 1 heterocycles. The lowest BCUT2D eigenvalue weighted by molar-refractivity contribution is -0.123. The second-order valence-electron chi connectivity index (χ2n) is 8.01. The molecule has 0 radical (unpaired) electrons. The summed E-state index contributed by atoms with van der Waals surface area (Å²) in [5.41, 5.74) is 2.58. The van der Waals surface area contributed by atoms with Gasteiger partial charge in [-0.1, -0.05) is 26.8 Å². The van der Waals surface area contributed by atoms with Crippen LogP contribution in [0.3, 0.4) is 0 Å². The third kappa shape index (κ3) is 4.30. The maximum absolute atomic E-state index is 12.8. The highest BCUT2D eigenvalue weighted by molar-refractivity contribution is 7.92. The highest BCUT2D eigenvalue weighted by Crippen LogP contribution is 2.30. The van der Waals surface area contributed by atoms with Gasteiger partial charge in [-0.2, -0.15) is 0 Å². The van der Waals surface area contributed by atoms with E-state index in [2.05, 4.69) is 21.9 Å². The van der Waals surface area contributed by atoms with Gasteiger partial charge in [-0.05, 0) is 55.3 Å². The quantitative estimate of drug-likeness (QED) is 0.798. The van der Waals surface area contributed by atoms with Gasteiger partial charge in [0.05, 0.1) is 10.6 Å². The van der Waals surface area contributed by atoms with Gasteiger partial charge in [0, 0.05) is 29.9 Å². The van der Waals surface area contributed by atoms with Crippen LogP contribution in [0.5, 0.6) is 0 Å². The molecule has 150 valence electrons.